The van der Waals surface area contributed by atoms with Crippen molar-refractivity contribution in [3.63, 3.8) is 0 Å². The summed E-state index contributed by atoms with van der Waals surface area (Å²) in [5, 5.41) is 2.91. The second-order valence-corrected chi connectivity index (χ2v) is 5.81. The zero-order valence-corrected chi connectivity index (χ0v) is 14.4. The number of nitrogens with zero attached hydrogens (tertiary/aromatic N) is 2. The number of ether oxygens (including phenoxy) is 1. The molecule has 0 fully saturated rings. The zero-order chi connectivity index (χ0) is 17.5. The fourth-order valence-electron chi connectivity index (χ4n) is 2.74. The first-order valence-electron chi connectivity index (χ1n) is 8.66. The van der Waals surface area contributed by atoms with Crippen LogP contribution in [0.4, 0.5) is 0 Å². The van der Waals surface area contributed by atoms with E-state index in [-0.39, 0.29) is 5.91 Å². The molecule has 0 aliphatic heterocycles. The minimum atomic E-state index is 0.0333. The van der Waals surface area contributed by atoms with E-state index in [0.29, 0.717) is 19.6 Å². The van der Waals surface area contributed by atoms with Gasteiger partial charge in [0, 0.05) is 13.0 Å². The molecule has 1 aromatic heterocycles. The first-order valence-corrected chi connectivity index (χ1v) is 8.66. The van der Waals surface area contributed by atoms with Gasteiger partial charge in [-0.05, 0) is 30.7 Å². The van der Waals surface area contributed by atoms with Crippen LogP contribution in [0, 0.1) is 0 Å². The van der Waals surface area contributed by atoms with E-state index in [1.807, 2.05) is 55.5 Å². The molecule has 5 nitrogen and oxygen atoms in total. The molecule has 0 aliphatic carbocycles. The molecule has 0 atom stereocenters. The molecular formula is C20H23N3O2. The second-order valence-electron chi connectivity index (χ2n) is 5.81. The minimum Gasteiger partial charge on any atom is -0.494 e. The average Bonchev–Trinajstić information content (AvgIpc) is 3.01. The van der Waals surface area contributed by atoms with Gasteiger partial charge in [-0.3, -0.25) is 4.79 Å². The summed E-state index contributed by atoms with van der Waals surface area (Å²) in [6.07, 6.45) is 1.34. The maximum absolute atomic E-state index is 11.6. The number of rotatable bonds is 8. The number of hydrogen-bond donors (Lipinski definition) is 1. The van der Waals surface area contributed by atoms with Crippen LogP contribution in [0.15, 0.2) is 54.6 Å². The number of fused-ring (bicyclic) bond motifs is 1. The molecule has 0 bridgehead atoms. The van der Waals surface area contributed by atoms with Gasteiger partial charge in [0.25, 0.3) is 0 Å². The van der Waals surface area contributed by atoms with Crippen LogP contribution in [-0.4, -0.2) is 22.1 Å². The molecular weight excluding hydrogens is 314 g/mol. The lowest BCUT2D eigenvalue weighted by Crippen LogP contribution is -2.23. The number of imidazole rings is 1. The second kappa shape index (κ2) is 8.33. The van der Waals surface area contributed by atoms with Gasteiger partial charge in [-0.2, -0.15) is 0 Å². The Bertz CT molecular complexity index is 827. The van der Waals surface area contributed by atoms with Gasteiger partial charge in [-0.1, -0.05) is 37.3 Å². The molecule has 5 heteroatoms. The molecule has 0 saturated carbocycles. The summed E-state index contributed by atoms with van der Waals surface area (Å²) < 4.78 is 7.93. The summed E-state index contributed by atoms with van der Waals surface area (Å²) in [4.78, 5) is 16.2. The van der Waals surface area contributed by atoms with Gasteiger partial charge >= 0.3 is 0 Å². The van der Waals surface area contributed by atoms with Gasteiger partial charge in [-0.15, -0.1) is 0 Å². The van der Waals surface area contributed by atoms with Crippen LogP contribution < -0.4 is 10.1 Å². The molecule has 3 rings (SSSR count). The molecule has 1 amide bonds. The maximum Gasteiger partial charge on any atom is 0.220 e. The molecule has 130 valence electrons. The summed E-state index contributed by atoms with van der Waals surface area (Å²) in [5.41, 5.74) is 2.04. The van der Waals surface area contributed by atoms with Gasteiger partial charge in [-0.25, -0.2) is 4.98 Å². The van der Waals surface area contributed by atoms with Crippen molar-refractivity contribution in [3.8, 4) is 5.75 Å². The molecule has 1 N–H and O–H groups in total. The average molecular weight is 337 g/mol. The first kappa shape index (κ1) is 17.0. The van der Waals surface area contributed by atoms with Crippen molar-refractivity contribution in [2.45, 2.75) is 32.9 Å². The van der Waals surface area contributed by atoms with E-state index in [0.717, 1.165) is 35.6 Å². The normalized spacial score (nSPS) is 10.8. The van der Waals surface area contributed by atoms with Gasteiger partial charge in [0.2, 0.25) is 5.91 Å². The summed E-state index contributed by atoms with van der Waals surface area (Å²) >= 11 is 0. The molecule has 0 saturated heterocycles. The molecule has 2 aromatic carbocycles. The van der Waals surface area contributed by atoms with E-state index in [9.17, 15) is 4.79 Å². The lowest BCUT2D eigenvalue weighted by molar-refractivity contribution is -0.120. The maximum atomic E-state index is 11.6. The van der Waals surface area contributed by atoms with Crippen molar-refractivity contribution >= 4 is 16.9 Å². The summed E-state index contributed by atoms with van der Waals surface area (Å²) in [6.45, 7) is 3.72. The zero-order valence-electron chi connectivity index (χ0n) is 14.4. The van der Waals surface area contributed by atoms with Crippen LogP contribution in [-0.2, 0) is 17.9 Å². The SMILES string of the molecule is CCC(=O)NCc1nc2ccccc2n1CCCOc1ccccc1. The number of amides is 1. The van der Waals surface area contributed by atoms with Crippen molar-refractivity contribution in [1.29, 1.82) is 0 Å². The molecule has 0 aliphatic rings. The first-order chi connectivity index (χ1) is 12.3. The topological polar surface area (TPSA) is 56.2 Å². The molecule has 25 heavy (non-hydrogen) atoms. The number of hydrogen-bond acceptors (Lipinski definition) is 3. The van der Waals surface area contributed by atoms with Crippen molar-refractivity contribution in [1.82, 2.24) is 14.9 Å². The minimum absolute atomic E-state index is 0.0333. The Morgan fingerprint density at radius 2 is 1.88 bits per heavy atom. The van der Waals surface area contributed by atoms with E-state index in [1.165, 1.54) is 0 Å². The number of nitrogens with one attached hydrogen (secondary N) is 1. The van der Waals surface area contributed by atoms with Crippen LogP contribution in [0.2, 0.25) is 0 Å². The van der Waals surface area contributed by atoms with Crippen LogP contribution in [0.5, 0.6) is 5.75 Å². The van der Waals surface area contributed by atoms with Crippen molar-refractivity contribution in [2.75, 3.05) is 6.61 Å². The standard InChI is InChI=1S/C20H23N3O2/c1-2-20(24)21-15-19-22-17-11-6-7-12-18(17)23(19)13-8-14-25-16-9-4-3-5-10-16/h3-7,9-12H,2,8,13-15H2,1H3,(H,21,24). The highest BCUT2D eigenvalue weighted by Crippen LogP contribution is 2.17. The van der Waals surface area contributed by atoms with Gasteiger partial charge in [0.15, 0.2) is 0 Å². The Morgan fingerprint density at radius 3 is 2.68 bits per heavy atom. The number of aromatic nitrogens is 2. The largest absolute Gasteiger partial charge is 0.494 e. The molecule has 3 aromatic rings. The van der Waals surface area contributed by atoms with Crippen LogP contribution in [0.3, 0.4) is 0 Å². The smallest absolute Gasteiger partial charge is 0.220 e. The molecule has 1 heterocycles. The van der Waals surface area contributed by atoms with Gasteiger partial charge in [0.1, 0.15) is 11.6 Å². The lowest BCUT2D eigenvalue weighted by Gasteiger charge is -2.11. The molecule has 0 unspecified atom stereocenters. The van der Waals surface area contributed by atoms with Crippen molar-refractivity contribution < 1.29 is 9.53 Å². The monoisotopic (exact) mass is 337 g/mol. The van der Waals surface area contributed by atoms with E-state index >= 15 is 0 Å². The van der Waals surface area contributed by atoms with E-state index < -0.39 is 0 Å². The summed E-state index contributed by atoms with van der Waals surface area (Å²) in [7, 11) is 0. The Kier molecular flexibility index (Phi) is 5.67. The number of para-hydroxylation sites is 3. The Hall–Kier alpha value is -2.82. The van der Waals surface area contributed by atoms with Crippen LogP contribution in [0.1, 0.15) is 25.6 Å². The Morgan fingerprint density at radius 1 is 1.12 bits per heavy atom. The third-order valence-electron chi connectivity index (χ3n) is 4.04. The summed E-state index contributed by atoms with van der Waals surface area (Å²) in [6, 6.07) is 17.9. The highest BCUT2D eigenvalue weighted by molar-refractivity contribution is 5.77. The van der Waals surface area contributed by atoms with Crippen molar-refractivity contribution in [3.05, 3.63) is 60.4 Å². The van der Waals surface area contributed by atoms with E-state index in [2.05, 4.69) is 20.9 Å². The third-order valence-corrected chi connectivity index (χ3v) is 4.04. The fraction of sp³-hybridized carbons (Fsp3) is 0.300. The number of carbonyl (C=O) groups is 1. The third kappa shape index (κ3) is 4.38. The Balaban J connectivity index is 1.66. The number of aryl methyl sites for hydroxylation is 1. The highest BCUT2D eigenvalue weighted by atomic mass is 16.5. The van der Waals surface area contributed by atoms with E-state index in [4.69, 9.17) is 4.74 Å². The Labute approximate surface area is 147 Å². The van der Waals surface area contributed by atoms with Crippen molar-refractivity contribution in [2.24, 2.45) is 0 Å². The summed E-state index contributed by atoms with van der Waals surface area (Å²) in [5.74, 6) is 1.79. The highest BCUT2D eigenvalue weighted by Gasteiger charge is 2.11. The predicted octanol–water partition coefficient (Wildman–Crippen LogP) is 3.53. The quantitative estimate of drug-likeness (QED) is 0.640. The van der Waals surface area contributed by atoms with Crippen LogP contribution in [0.25, 0.3) is 11.0 Å². The number of carbonyl (C=O) groups excluding carboxylic acids is 1. The van der Waals surface area contributed by atoms with Crippen LogP contribution >= 0.6 is 0 Å². The molecule has 0 spiro atoms. The predicted molar refractivity (Wildman–Crippen MR) is 98.4 cm³/mol. The van der Waals surface area contributed by atoms with Gasteiger partial charge in [0.05, 0.1) is 24.2 Å². The number of benzene rings is 2. The van der Waals surface area contributed by atoms with E-state index in [1.54, 1.807) is 0 Å². The lowest BCUT2D eigenvalue weighted by atomic mass is 10.3. The molecule has 0 radical (unpaired) electrons. The fourth-order valence-corrected chi connectivity index (χ4v) is 2.74. The van der Waals surface area contributed by atoms with Gasteiger partial charge < -0.3 is 14.6 Å².